The van der Waals surface area contributed by atoms with Gasteiger partial charge in [-0.1, -0.05) is 18.2 Å². The molecule has 0 fully saturated rings. The summed E-state index contributed by atoms with van der Waals surface area (Å²) in [6.45, 7) is 3.85. The number of halogens is 2. The molecule has 5 rings (SSSR count). The Balaban J connectivity index is 1.32. The third kappa shape index (κ3) is 6.91. The third-order valence-electron chi connectivity index (χ3n) is 7.04. The number of nitrogens with zero attached hydrogens (tertiary/aromatic N) is 2. The van der Waals surface area contributed by atoms with Crippen LogP contribution in [0.2, 0.25) is 0 Å². The van der Waals surface area contributed by atoms with Crippen molar-refractivity contribution < 1.29 is 27.0 Å². The van der Waals surface area contributed by atoms with Crippen LogP contribution in [0.25, 0.3) is 10.9 Å². The van der Waals surface area contributed by atoms with Crippen LogP contribution in [0.4, 0.5) is 15.9 Å². The average molecular weight is 657 g/mol. The van der Waals surface area contributed by atoms with Gasteiger partial charge in [0, 0.05) is 17.5 Å². The fourth-order valence-electron chi connectivity index (χ4n) is 4.53. The average Bonchev–Trinajstić information content (AvgIpc) is 3.45. The van der Waals surface area contributed by atoms with Gasteiger partial charge < -0.3 is 19.5 Å². The fourth-order valence-corrected chi connectivity index (χ4v) is 5.85. The van der Waals surface area contributed by atoms with Crippen LogP contribution in [-0.2, 0) is 31.5 Å². The molecule has 1 N–H and O–H groups in total. The molecule has 3 aromatic carbocycles. The maximum Gasteiger partial charge on any atom is 0.160 e. The number of benzene rings is 3. The Bertz CT molecular complexity index is 1710. The highest BCUT2D eigenvalue weighted by Crippen LogP contribution is 2.38. The number of hydrogen-bond acceptors (Lipinski definition) is 8. The Kier molecular flexibility index (Phi) is 9.10. The van der Waals surface area contributed by atoms with Crippen LogP contribution in [0.5, 0.6) is 5.75 Å². The molecule has 220 valence electrons. The highest BCUT2D eigenvalue weighted by Gasteiger charge is 2.36. The molecular weight excluding hydrogens is 625 g/mol. The van der Waals surface area contributed by atoms with E-state index < -0.39 is 20.7 Å². The predicted molar refractivity (Wildman–Crippen MR) is 164 cm³/mol. The molecule has 0 saturated heterocycles. The number of rotatable bonds is 12. The van der Waals surface area contributed by atoms with Gasteiger partial charge in [-0.25, -0.2) is 22.8 Å². The Morgan fingerprint density at radius 1 is 1.12 bits per heavy atom. The first-order valence-corrected chi connectivity index (χ1v) is 16.0. The van der Waals surface area contributed by atoms with Gasteiger partial charge in [0.1, 0.15) is 30.3 Å². The Labute approximate surface area is 253 Å². The van der Waals surface area contributed by atoms with Crippen LogP contribution in [0, 0.1) is 5.82 Å². The van der Waals surface area contributed by atoms with E-state index >= 15 is 0 Å². The zero-order valence-electron chi connectivity index (χ0n) is 23.2. The minimum Gasteiger partial charge on any atom is -0.488 e. The number of hydrogen-bond donors (Lipinski definition) is 1. The highest BCUT2D eigenvalue weighted by atomic mass is 79.9. The summed E-state index contributed by atoms with van der Waals surface area (Å²) in [5.41, 5.74) is 2.33. The molecule has 1 aliphatic rings. The lowest BCUT2D eigenvalue weighted by Crippen LogP contribution is -2.32. The lowest BCUT2D eigenvalue weighted by molar-refractivity contribution is -0.0418. The molecular formula is C31H31BrFN3O5S. The summed E-state index contributed by atoms with van der Waals surface area (Å²) in [6, 6.07) is 17.7. The molecule has 0 aliphatic carbocycles. The number of sulfone groups is 1. The van der Waals surface area contributed by atoms with E-state index in [1.165, 1.54) is 18.5 Å². The van der Waals surface area contributed by atoms with Crippen LogP contribution in [0.3, 0.4) is 0 Å². The molecule has 1 atom stereocenters. The lowest BCUT2D eigenvalue weighted by atomic mass is 9.91. The summed E-state index contributed by atoms with van der Waals surface area (Å²) in [4.78, 5) is 8.91. The second-order valence-electron chi connectivity index (χ2n) is 10.3. The number of nitrogens with one attached hydrogen (secondary N) is 1. The molecule has 11 heteroatoms. The largest absolute Gasteiger partial charge is 0.488 e. The lowest BCUT2D eigenvalue weighted by Gasteiger charge is -2.29. The van der Waals surface area contributed by atoms with Crippen LogP contribution >= 0.6 is 15.9 Å². The van der Waals surface area contributed by atoms with E-state index in [4.69, 9.17) is 14.2 Å². The van der Waals surface area contributed by atoms with Crippen molar-refractivity contribution in [2.24, 2.45) is 0 Å². The molecule has 42 heavy (non-hydrogen) atoms. The van der Waals surface area contributed by atoms with Gasteiger partial charge in [0.05, 0.1) is 40.5 Å². The zero-order valence-corrected chi connectivity index (χ0v) is 25.6. The molecule has 0 radical (unpaired) electrons. The predicted octanol–water partition coefficient (Wildman–Crippen LogP) is 6.82. The van der Waals surface area contributed by atoms with Crippen LogP contribution in [-0.4, -0.2) is 42.6 Å². The van der Waals surface area contributed by atoms with E-state index in [1.807, 2.05) is 48.5 Å². The SMILES string of the molecule is CC(C)S(=O)(=O)CCOCC1(c2ccc3ncnc(Nc4ccc(OCc5cccc(F)c5)c(Br)c4)c3c2)CC=CO1. The van der Waals surface area contributed by atoms with E-state index in [9.17, 15) is 12.8 Å². The molecule has 4 aromatic rings. The smallest absolute Gasteiger partial charge is 0.160 e. The fraction of sp³-hybridized carbons (Fsp3) is 0.290. The first-order chi connectivity index (χ1) is 20.1. The first kappa shape index (κ1) is 29.9. The summed E-state index contributed by atoms with van der Waals surface area (Å²) < 4.78 is 56.4. The normalized spacial score (nSPS) is 16.6. The molecule has 1 aromatic heterocycles. The van der Waals surface area contributed by atoms with Crippen LogP contribution in [0.15, 0.2) is 83.8 Å². The maximum absolute atomic E-state index is 13.5. The standard InChI is InChI=1S/C31H31BrFN3O5S/c1-21(2)42(37,38)14-13-39-19-31(11-4-12-41-31)23-7-9-28-26(16-23)30(35-20-34-28)36-25-8-10-29(27(32)17-25)40-18-22-5-3-6-24(33)15-22/h3-10,12,15-17,20-21H,11,13-14,18-19H2,1-2H3,(H,34,35,36). The van der Waals surface area contributed by atoms with Crippen molar-refractivity contribution in [2.45, 2.75) is 37.7 Å². The van der Waals surface area contributed by atoms with E-state index in [1.54, 1.807) is 26.2 Å². The Hall–Kier alpha value is -3.54. The number of fused-ring (bicyclic) bond motifs is 1. The molecule has 0 spiro atoms. The summed E-state index contributed by atoms with van der Waals surface area (Å²) in [6.07, 6.45) is 5.65. The van der Waals surface area contributed by atoms with E-state index in [2.05, 4.69) is 31.2 Å². The van der Waals surface area contributed by atoms with Gasteiger partial charge in [-0.3, -0.25) is 0 Å². The van der Waals surface area contributed by atoms with E-state index in [0.29, 0.717) is 18.0 Å². The van der Waals surface area contributed by atoms with Gasteiger partial charge in [-0.15, -0.1) is 0 Å². The second-order valence-corrected chi connectivity index (χ2v) is 13.8. The Morgan fingerprint density at radius 2 is 1.98 bits per heavy atom. The van der Waals surface area contributed by atoms with Crippen LogP contribution < -0.4 is 10.1 Å². The van der Waals surface area contributed by atoms with Gasteiger partial charge in [-0.05, 0) is 89.4 Å². The molecule has 1 unspecified atom stereocenters. The summed E-state index contributed by atoms with van der Waals surface area (Å²) in [5.74, 6) is 0.875. The zero-order chi connectivity index (χ0) is 29.7. The minimum atomic E-state index is -3.20. The van der Waals surface area contributed by atoms with Crippen molar-refractivity contribution >= 4 is 48.2 Å². The quantitative estimate of drug-likeness (QED) is 0.166. The van der Waals surface area contributed by atoms with Crippen molar-refractivity contribution in [1.29, 1.82) is 0 Å². The first-order valence-electron chi connectivity index (χ1n) is 13.5. The topological polar surface area (TPSA) is 99.6 Å². The molecule has 0 amide bonds. The number of anilines is 2. The molecule has 0 bridgehead atoms. The van der Waals surface area contributed by atoms with Crippen LogP contribution in [0.1, 0.15) is 31.4 Å². The number of ether oxygens (including phenoxy) is 3. The Morgan fingerprint density at radius 3 is 2.71 bits per heavy atom. The van der Waals surface area contributed by atoms with Gasteiger partial charge in [0.15, 0.2) is 15.4 Å². The van der Waals surface area contributed by atoms with Gasteiger partial charge in [0.2, 0.25) is 0 Å². The van der Waals surface area contributed by atoms with Gasteiger partial charge in [0.25, 0.3) is 0 Å². The van der Waals surface area contributed by atoms with E-state index in [0.717, 1.165) is 32.2 Å². The van der Waals surface area contributed by atoms with Crippen molar-refractivity contribution in [1.82, 2.24) is 9.97 Å². The van der Waals surface area contributed by atoms with E-state index in [-0.39, 0.29) is 31.4 Å². The summed E-state index contributed by atoms with van der Waals surface area (Å²) in [7, 11) is -3.20. The van der Waals surface area contributed by atoms with Crippen molar-refractivity contribution in [3.63, 3.8) is 0 Å². The highest BCUT2D eigenvalue weighted by molar-refractivity contribution is 9.10. The van der Waals surface area contributed by atoms with Gasteiger partial charge in [-0.2, -0.15) is 0 Å². The molecule has 8 nitrogen and oxygen atoms in total. The number of aromatic nitrogens is 2. The maximum atomic E-state index is 13.5. The monoisotopic (exact) mass is 655 g/mol. The van der Waals surface area contributed by atoms with Crippen molar-refractivity contribution in [3.05, 3.63) is 101 Å². The van der Waals surface area contributed by atoms with Crippen molar-refractivity contribution in [3.8, 4) is 5.75 Å². The van der Waals surface area contributed by atoms with Crippen molar-refractivity contribution in [2.75, 3.05) is 24.3 Å². The third-order valence-corrected chi connectivity index (χ3v) is 9.83. The molecule has 2 heterocycles. The van der Waals surface area contributed by atoms with Gasteiger partial charge >= 0.3 is 0 Å². The second kappa shape index (κ2) is 12.8. The summed E-state index contributed by atoms with van der Waals surface area (Å²) in [5, 5.41) is 3.70. The molecule has 1 aliphatic heterocycles. The summed E-state index contributed by atoms with van der Waals surface area (Å²) >= 11 is 3.56. The molecule has 0 saturated carbocycles. The minimum absolute atomic E-state index is 0.0437.